The maximum atomic E-state index is 11.1. The molecule has 0 spiro atoms. The smallest absolute Gasteiger partial charge is 0.221 e. The fraction of sp³-hybridized carbons (Fsp3) is 0.417. The average Bonchev–Trinajstić information content (AvgIpc) is 3.01. The van der Waals surface area contributed by atoms with Crippen molar-refractivity contribution in [3.8, 4) is 12.1 Å². The fourth-order valence-corrected chi connectivity index (χ4v) is 4.84. The Morgan fingerprint density at radius 1 is 1.09 bits per heavy atom. The summed E-state index contributed by atoms with van der Waals surface area (Å²) in [4.78, 5) is 20.4. The second-order valence-corrected chi connectivity index (χ2v) is 8.90. The first-order valence-corrected chi connectivity index (χ1v) is 11.7. The number of thioether (sulfide) groups is 1. The lowest BCUT2D eigenvalue weighted by Crippen LogP contribution is -2.30. The minimum atomic E-state index is -0.355. The summed E-state index contributed by atoms with van der Waals surface area (Å²) in [5.74, 6) is 0.973. The van der Waals surface area contributed by atoms with Crippen molar-refractivity contribution in [1.29, 1.82) is 10.5 Å². The third-order valence-corrected chi connectivity index (χ3v) is 6.67. The lowest BCUT2D eigenvalue weighted by Gasteiger charge is -2.25. The zero-order chi connectivity index (χ0) is 23.1. The molecule has 3 rings (SSSR count). The lowest BCUT2D eigenvalue weighted by atomic mass is 10.0. The highest BCUT2D eigenvalue weighted by Crippen LogP contribution is 2.33. The van der Waals surface area contributed by atoms with Gasteiger partial charge in [-0.3, -0.25) is 4.79 Å². The second-order valence-electron chi connectivity index (χ2n) is 7.94. The Morgan fingerprint density at radius 3 is 2.41 bits per heavy atom. The molecule has 1 aromatic heterocycles. The molecule has 0 atom stereocenters. The summed E-state index contributed by atoms with van der Waals surface area (Å²) >= 11 is 1.51. The van der Waals surface area contributed by atoms with Gasteiger partial charge in [0.2, 0.25) is 5.91 Å². The number of aromatic nitrogens is 1. The Kier molecular flexibility index (Phi) is 8.10. The van der Waals surface area contributed by atoms with E-state index in [4.69, 9.17) is 10.7 Å². The summed E-state index contributed by atoms with van der Waals surface area (Å²) in [5.41, 5.74) is 9.00. The van der Waals surface area contributed by atoms with Crippen LogP contribution in [-0.4, -0.2) is 49.0 Å². The Balaban J connectivity index is 1.91. The normalized spacial score (nSPS) is 14.4. The van der Waals surface area contributed by atoms with Crippen molar-refractivity contribution < 1.29 is 4.79 Å². The maximum absolute atomic E-state index is 11.1. The first kappa shape index (κ1) is 23.6. The molecule has 1 aliphatic heterocycles. The minimum Gasteiger partial charge on any atom is -0.369 e. The van der Waals surface area contributed by atoms with Crippen LogP contribution in [0.5, 0.6) is 0 Å². The van der Waals surface area contributed by atoms with Gasteiger partial charge in [-0.15, -0.1) is 11.8 Å². The predicted octanol–water partition coefficient (Wildman–Crippen LogP) is 2.85. The number of likely N-dealkylation sites (N-methyl/N-ethyl adjacent to an activating group) is 1. The molecule has 0 aliphatic carbocycles. The van der Waals surface area contributed by atoms with Crippen molar-refractivity contribution >= 4 is 23.5 Å². The van der Waals surface area contributed by atoms with E-state index in [1.807, 2.05) is 31.2 Å². The molecule has 1 fully saturated rings. The van der Waals surface area contributed by atoms with Gasteiger partial charge in [0, 0.05) is 25.4 Å². The molecule has 1 aliphatic rings. The number of hydrogen-bond acceptors (Lipinski definition) is 7. The van der Waals surface area contributed by atoms with E-state index in [1.54, 1.807) is 0 Å². The summed E-state index contributed by atoms with van der Waals surface area (Å²) < 4.78 is 0. The van der Waals surface area contributed by atoms with Gasteiger partial charge in [0.05, 0.1) is 17.5 Å². The molecule has 7 nitrogen and oxygen atoms in total. The molecule has 1 amide bonds. The SMILES string of the molecule is CCc1c(C#N)c(SCc2ccc(CC(N)=O)cc2)nc(N2CCCN(C)CC2)c1C#N. The molecule has 1 aromatic carbocycles. The summed E-state index contributed by atoms with van der Waals surface area (Å²) in [5, 5.41) is 20.5. The molecule has 2 N–H and O–H groups in total. The molecule has 0 unspecified atom stereocenters. The number of rotatable bonds is 7. The zero-order valence-electron chi connectivity index (χ0n) is 18.6. The number of primary amides is 1. The van der Waals surface area contributed by atoms with E-state index < -0.39 is 0 Å². The topological polar surface area (TPSA) is 110 Å². The molecule has 166 valence electrons. The van der Waals surface area contributed by atoms with Gasteiger partial charge in [-0.05, 0) is 43.1 Å². The van der Waals surface area contributed by atoms with Crippen LogP contribution >= 0.6 is 11.8 Å². The number of carbonyl (C=O) groups is 1. The highest BCUT2D eigenvalue weighted by molar-refractivity contribution is 7.98. The maximum Gasteiger partial charge on any atom is 0.221 e. The van der Waals surface area contributed by atoms with Crippen LogP contribution in [0.1, 0.15) is 41.2 Å². The van der Waals surface area contributed by atoms with Gasteiger partial charge in [-0.25, -0.2) is 4.98 Å². The van der Waals surface area contributed by atoms with Crippen LogP contribution in [0, 0.1) is 22.7 Å². The molecule has 0 bridgehead atoms. The van der Waals surface area contributed by atoms with Crippen LogP contribution in [0.15, 0.2) is 29.3 Å². The number of hydrogen-bond donors (Lipinski definition) is 1. The monoisotopic (exact) mass is 448 g/mol. The van der Waals surface area contributed by atoms with E-state index in [1.165, 1.54) is 11.8 Å². The van der Waals surface area contributed by atoms with Crippen molar-refractivity contribution in [3.63, 3.8) is 0 Å². The number of pyridine rings is 1. The molecular weight excluding hydrogens is 420 g/mol. The van der Waals surface area contributed by atoms with E-state index in [0.717, 1.165) is 49.3 Å². The number of benzene rings is 1. The molecule has 0 radical (unpaired) electrons. The van der Waals surface area contributed by atoms with Gasteiger partial charge in [0.1, 0.15) is 23.0 Å². The zero-order valence-corrected chi connectivity index (χ0v) is 19.4. The molecular formula is C24H28N6OS. The Labute approximate surface area is 193 Å². The van der Waals surface area contributed by atoms with Gasteiger partial charge >= 0.3 is 0 Å². The van der Waals surface area contributed by atoms with Crippen molar-refractivity contribution in [1.82, 2.24) is 9.88 Å². The Morgan fingerprint density at radius 2 is 1.78 bits per heavy atom. The van der Waals surface area contributed by atoms with Crippen LogP contribution in [0.3, 0.4) is 0 Å². The van der Waals surface area contributed by atoms with Crippen LogP contribution in [0.25, 0.3) is 0 Å². The van der Waals surface area contributed by atoms with Gasteiger partial charge in [-0.1, -0.05) is 31.2 Å². The molecule has 0 saturated carbocycles. The van der Waals surface area contributed by atoms with Gasteiger partial charge < -0.3 is 15.5 Å². The van der Waals surface area contributed by atoms with E-state index in [9.17, 15) is 15.3 Å². The third-order valence-electron chi connectivity index (χ3n) is 5.62. The second kappa shape index (κ2) is 11.0. The number of carbonyl (C=O) groups excluding carboxylic acids is 1. The van der Waals surface area contributed by atoms with Crippen molar-refractivity contribution in [2.24, 2.45) is 5.73 Å². The fourth-order valence-electron chi connectivity index (χ4n) is 3.88. The lowest BCUT2D eigenvalue weighted by molar-refractivity contribution is -0.117. The standard InChI is InChI=1S/C24H28N6OS/c1-3-19-20(14-25)23(30-10-4-9-29(2)11-12-30)28-24(21(19)15-26)32-16-18-7-5-17(6-8-18)13-22(27)31/h5-8H,3-4,9-13,16H2,1-2H3,(H2,27,31). The quantitative estimate of drug-likeness (QED) is 0.649. The Bertz CT molecular complexity index is 1050. The van der Waals surface area contributed by atoms with E-state index in [-0.39, 0.29) is 12.3 Å². The van der Waals surface area contributed by atoms with Crippen LogP contribution in [-0.2, 0) is 23.4 Å². The number of nitrogens with two attached hydrogens (primary N) is 1. The molecule has 2 aromatic rings. The van der Waals surface area contributed by atoms with Crippen LogP contribution in [0.2, 0.25) is 0 Å². The summed E-state index contributed by atoms with van der Waals surface area (Å²) in [6.07, 6.45) is 1.83. The molecule has 2 heterocycles. The van der Waals surface area contributed by atoms with Crippen molar-refractivity contribution in [2.45, 2.75) is 37.0 Å². The van der Waals surface area contributed by atoms with Crippen LogP contribution < -0.4 is 10.6 Å². The van der Waals surface area contributed by atoms with Crippen LogP contribution in [0.4, 0.5) is 5.82 Å². The number of nitriles is 2. The highest BCUT2D eigenvalue weighted by atomic mass is 32.2. The molecule has 1 saturated heterocycles. The van der Waals surface area contributed by atoms with E-state index in [0.29, 0.717) is 34.1 Å². The van der Waals surface area contributed by atoms with Crippen molar-refractivity contribution in [2.75, 3.05) is 38.1 Å². The highest BCUT2D eigenvalue weighted by Gasteiger charge is 2.24. The average molecular weight is 449 g/mol. The first-order valence-electron chi connectivity index (χ1n) is 10.8. The summed E-state index contributed by atoms with van der Waals surface area (Å²) in [6, 6.07) is 12.3. The van der Waals surface area contributed by atoms with Crippen molar-refractivity contribution in [3.05, 3.63) is 52.1 Å². The summed E-state index contributed by atoms with van der Waals surface area (Å²) in [6.45, 7) is 5.55. The van der Waals surface area contributed by atoms with Gasteiger partial charge in [0.25, 0.3) is 0 Å². The third kappa shape index (κ3) is 5.59. The van der Waals surface area contributed by atoms with Gasteiger partial charge in [0.15, 0.2) is 0 Å². The van der Waals surface area contributed by atoms with E-state index >= 15 is 0 Å². The largest absolute Gasteiger partial charge is 0.369 e. The molecule has 8 heteroatoms. The first-order chi connectivity index (χ1) is 15.5. The summed E-state index contributed by atoms with van der Waals surface area (Å²) in [7, 11) is 2.11. The Hall–Kier alpha value is -3.07. The number of amides is 1. The molecule has 32 heavy (non-hydrogen) atoms. The number of nitrogens with zero attached hydrogens (tertiary/aromatic N) is 5. The number of anilines is 1. The van der Waals surface area contributed by atoms with Gasteiger partial charge in [-0.2, -0.15) is 10.5 Å². The minimum absolute atomic E-state index is 0.220. The predicted molar refractivity (Wildman–Crippen MR) is 126 cm³/mol. The van der Waals surface area contributed by atoms with E-state index in [2.05, 4.69) is 29.0 Å².